The van der Waals surface area contributed by atoms with Crippen molar-refractivity contribution < 1.29 is 4.74 Å². The highest BCUT2D eigenvalue weighted by Crippen LogP contribution is 2.24. The Balaban J connectivity index is 2.74. The van der Waals surface area contributed by atoms with Gasteiger partial charge in [-0.25, -0.2) is 9.97 Å². The molecule has 1 aromatic rings. The lowest BCUT2D eigenvalue weighted by atomic mass is 10.2. The summed E-state index contributed by atoms with van der Waals surface area (Å²) in [7, 11) is 1.67. The van der Waals surface area contributed by atoms with Crippen LogP contribution in [-0.2, 0) is 4.74 Å². The standard InChI is InChI=1S/C9H15BrN4O/c1-3-6(4-15-2)14-9-7(10)8(11)12-5-13-9/h5-6H,3-4H2,1-2H3,(H3,11,12,13,14). The average Bonchev–Trinajstić information content (AvgIpc) is 2.24. The molecule has 84 valence electrons. The molecule has 6 heteroatoms. The lowest BCUT2D eigenvalue weighted by molar-refractivity contribution is 0.184. The minimum atomic E-state index is 0.223. The molecule has 0 aliphatic rings. The Hall–Kier alpha value is -0.880. The van der Waals surface area contributed by atoms with E-state index in [2.05, 4.69) is 38.1 Å². The zero-order valence-corrected chi connectivity index (χ0v) is 10.4. The van der Waals surface area contributed by atoms with E-state index in [1.165, 1.54) is 6.33 Å². The molecule has 1 unspecified atom stereocenters. The molecule has 3 N–H and O–H groups in total. The maximum atomic E-state index is 5.64. The maximum Gasteiger partial charge on any atom is 0.146 e. The van der Waals surface area contributed by atoms with E-state index >= 15 is 0 Å². The van der Waals surface area contributed by atoms with Crippen LogP contribution in [0.5, 0.6) is 0 Å². The molecule has 0 aliphatic heterocycles. The summed E-state index contributed by atoms with van der Waals surface area (Å²) < 4.78 is 5.78. The Bertz CT molecular complexity index is 321. The second-order valence-corrected chi connectivity index (χ2v) is 3.92. The number of nitrogens with one attached hydrogen (secondary N) is 1. The average molecular weight is 275 g/mol. The number of nitrogens with two attached hydrogens (primary N) is 1. The van der Waals surface area contributed by atoms with E-state index in [9.17, 15) is 0 Å². The highest BCUT2D eigenvalue weighted by Gasteiger charge is 2.10. The van der Waals surface area contributed by atoms with Gasteiger partial charge in [-0.05, 0) is 22.4 Å². The van der Waals surface area contributed by atoms with Gasteiger partial charge in [0.25, 0.3) is 0 Å². The molecule has 0 saturated carbocycles. The summed E-state index contributed by atoms with van der Waals surface area (Å²) in [5.74, 6) is 1.13. The zero-order chi connectivity index (χ0) is 11.3. The van der Waals surface area contributed by atoms with E-state index in [1.54, 1.807) is 7.11 Å². The number of anilines is 2. The van der Waals surface area contributed by atoms with Crippen molar-refractivity contribution >= 4 is 27.6 Å². The number of aromatic nitrogens is 2. The van der Waals surface area contributed by atoms with Gasteiger partial charge >= 0.3 is 0 Å². The molecule has 5 nitrogen and oxygen atoms in total. The van der Waals surface area contributed by atoms with Crippen LogP contribution >= 0.6 is 15.9 Å². The predicted octanol–water partition coefficient (Wildman–Crippen LogP) is 1.66. The largest absolute Gasteiger partial charge is 0.383 e. The van der Waals surface area contributed by atoms with Crippen molar-refractivity contribution in [3.63, 3.8) is 0 Å². The summed E-state index contributed by atoms with van der Waals surface area (Å²) in [6.07, 6.45) is 2.38. The summed E-state index contributed by atoms with van der Waals surface area (Å²) in [5, 5.41) is 3.24. The first-order chi connectivity index (χ1) is 7.19. The van der Waals surface area contributed by atoms with Gasteiger partial charge in [-0.15, -0.1) is 0 Å². The van der Waals surface area contributed by atoms with Crippen LogP contribution in [0.15, 0.2) is 10.8 Å². The Morgan fingerprint density at radius 2 is 2.33 bits per heavy atom. The van der Waals surface area contributed by atoms with Gasteiger partial charge in [-0.1, -0.05) is 6.92 Å². The molecule has 1 heterocycles. The van der Waals surface area contributed by atoms with E-state index in [-0.39, 0.29) is 6.04 Å². The van der Waals surface area contributed by atoms with Gasteiger partial charge in [-0.3, -0.25) is 0 Å². The Morgan fingerprint density at radius 3 is 2.93 bits per heavy atom. The number of nitrogen functional groups attached to an aromatic ring is 1. The molecule has 0 amide bonds. The second-order valence-electron chi connectivity index (χ2n) is 3.13. The lowest BCUT2D eigenvalue weighted by Gasteiger charge is -2.17. The van der Waals surface area contributed by atoms with Gasteiger partial charge in [0.2, 0.25) is 0 Å². The van der Waals surface area contributed by atoms with Gasteiger partial charge in [0.05, 0.1) is 12.6 Å². The van der Waals surface area contributed by atoms with E-state index in [1.807, 2.05) is 0 Å². The van der Waals surface area contributed by atoms with Crippen LogP contribution in [0.25, 0.3) is 0 Å². The van der Waals surface area contributed by atoms with Crippen molar-refractivity contribution in [1.82, 2.24) is 9.97 Å². The third-order valence-corrected chi connectivity index (χ3v) is 2.80. The molecule has 0 spiro atoms. The Kier molecular flexibility index (Phi) is 4.77. The smallest absolute Gasteiger partial charge is 0.146 e. The first kappa shape index (κ1) is 12.2. The number of rotatable bonds is 5. The van der Waals surface area contributed by atoms with E-state index in [4.69, 9.17) is 10.5 Å². The van der Waals surface area contributed by atoms with Crippen molar-refractivity contribution in [1.29, 1.82) is 0 Å². The molecular weight excluding hydrogens is 260 g/mol. The number of ether oxygens (including phenoxy) is 1. The first-order valence-corrected chi connectivity index (χ1v) is 5.49. The van der Waals surface area contributed by atoms with Crippen LogP contribution in [0, 0.1) is 0 Å². The molecule has 0 aliphatic carbocycles. The summed E-state index contributed by atoms with van der Waals surface area (Å²) in [6.45, 7) is 2.71. The van der Waals surface area contributed by atoms with Gasteiger partial charge in [0, 0.05) is 7.11 Å². The number of halogens is 1. The molecule has 0 saturated heterocycles. The third kappa shape index (κ3) is 3.32. The molecule has 0 radical (unpaired) electrons. The minimum Gasteiger partial charge on any atom is -0.383 e. The van der Waals surface area contributed by atoms with Crippen molar-refractivity contribution in [2.45, 2.75) is 19.4 Å². The van der Waals surface area contributed by atoms with Crippen LogP contribution < -0.4 is 11.1 Å². The number of hydrogen-bond donors (Lipinski definition) is 2. The summed E-state index contributed by atoms with van der Waals surface area (Å²) in [6, 6.07) is 0.223. The van der Waals surface area contributed by atoms with Crippen LogP contribution in [-0.4, -0.2) is 29.7 Å². The summed E-state index contributed by atoms with van der Waals surface area (Å²) in [4.78, 5) is 7.97. The van der Waals surface area contributed by atoms with E-state index < -0.39 is 0 Å². The van der Waals surface area contributed by atoms with Crippen LogP contribution in [0.1, 0.15) is 13.3 Å². The highest BCUT2D eigenvalue weighted by molar-refractivity contribution is 9.10. The van der Waals surface area contributed by atoms with Crippen LogP contribution in [0.3, 0.4) is 0 Å². The monoisotopic (exact) mass is 274 g/mol. The Morgan fingerprint density at radius 1 is 1.60 bits per heavy atom. The SMILES string of the molecule is CCC(COC)Nc1ncnc(N)c1Br. The topological polar surface area (TPSA) is 73.1 Å². The molecule has 1 aromatic heterocycles. The summed E-state index contributed by atoms with van der Waals surface area (Å²) in [5.41, 5.74) is 5.64. The molecule has 1 atom stereocenters. The molecule has 15 heavy (non-hydrogen) atoms. The summed E-state index contributed by atoms with van der Waals surface area (Å²) >= 11 is 3.34. The Labute approximate surface area is 97.6 Å². The second kappa shape index (κ2) is 5.87. The van der Waals surface area contributed by atoms with E-state index in [0.29, 0.717) is 22.7 Å². The molecule has 0 aromatic carbocycles. The van der Waals surface area contributed by atoms with Crippen molar-refractivity contribution in [2.24, 2.45) is 0 Å². The fraction of sp³-hybridized carbons (Fsp3) is 0.556. The van der Waals surface area contributed by atoms with Gasteiger partial charge in [0.1, 0.15) is 22.4 Å². The van der Waals surface area contributed by atoms with Gasteiger partial charge in [0.15, 0.2) is 0 Å². The predicted molar refractivity (Wildman–Crippen MR) is 63.7 cm³/mol. The molecular formula is C9H15BrN4O. The minimum absolute atomic E-state index is 0.223. The normalized spacial score (nSPS) is 12.5. The molecule has 1 rings (SSSR count). The maximum absolute atomic E-state index is 5.64. The number of hydrogen-bond acceptors (Lipinski definition) is 5. The molecule has 0 bridgehead atoms. The lowest BCUT2D eigenvalue weighted by Crippen LogP contribution is -2.24. The highest BCUT2D eigenvalue weighted by atomic mass is 79.9. The van der Waals surface area contributed by atoms with Gasteiger partial charge < -0.3 is 15.8 Å². The van der Waals surface area contributed by atoms with Crippen molar-refractivity contribution in [2.75, 3.05) is 24.8 Å². The zero-order valence-electron chi connectivity index (χ0n) is 8.83. The van der Waals surface area contributed by atoms with Crippen molar-refractivity contribution in [3.8, 4) is 0 Å². The number of nitrogens with zero attached hydrogens (tertiary/aromatic N) is 2. The quantitative estimate of drug-likeness (QED) is 0.855. The molecule has 0 fully saturated rings. The van der Waals surface area contributed by atoms with Crippen LogP contribution in [0.2, 0.25) is 0 Å². The number of methoxy groups -OCH3 is 1. The van der Waals surface area contributed by atoms with Crippen molar-refractivity contribution in [3.05, 3.63) is 10.8 Å². The third-order valence-electron chi connectivity index (χ3n) is 2.02. The van der Waals surface area contributed by atoms with Crippen LogP contribution in [0.4, 0.5) is 11.6 Å². The first-order valence-electron chi connectivity index (χ1n) is 4.70. The van der Waals surface area contributed by atoms with Gasteiger partial charge in [-0.2, -0.15) is 0 Å². The fourth-order valence-electron chi connectivity index (χ4n) is 1.14. The van der Waals surface area contributed by atoms with E-state index in [0.717, 1.165) is 6.42 Å². The fourth-order valence-corrected chi connectivity index (χ4v) is 1.46.